The lowest BCUT2D eigenvalue weighted by Gasteiger charge is -2.01. The van der Waals surface area contributed by atoms with Crippen molar-refractivity contribution >= 4 is 17.3 Å². The number of allylic oxidation sites excluding steroid dienone is 1. The molecule has 0 aliphatic heterocycles. The first-order valence-corrected chi connectivity index (χ1v) is 5.49. The molecule has 3 heteroatoms. The molecule has 0 radical (unpaired) electrons. The van der Waals surface area contributed by atoms with Gasteiger partial charge in [0.15, 0.2) is 0 Å². The minimum absolute atomic E-state index is 0.256. The summed E-state index contributed by atoms with van der Waals surface area (Å²) in [6.07, 6.45) is 4.39. The second-order valence-corrected chi connectivity index (χ2v) is 4.69. The van der Waals surface area contributed by atoms with E-state index in [0.29, 0.717) is 0 Å². The third-order valence-corrected chi connectivity index (χ3v) is 3.87. The first kappa shape index (κ1) is 9.46. The van der Waals surface area contributed by atoms with Gasteiger partial charge >= 0.3 is 5.97 Å². The highest BCUT2D eigenvalue weighted by molar-refractivity contribution is 7.12. The van der Waals surface area contributed by atoms with Gasteiger partial charge in [-0.2, -0.15) is 0 Å². The van der Waals surface area contributed by atoms with E-state index in [1.54, 1.807) is 11.3 Å². The van der Waals surface area contributed by atoms with Gasteiger partial charge in [0.25, 0.3) is 0 Å². The van der Waals surface area contributed by atoms with Gasteiger partial charge < -0.3 is 5.11 Å². The predicted molar refractivity (Wildman–Crippen MR) is 56.9 cm³/mol. The van der Waals surface area contributed by atoms with Crippen molar-refractivity contribution in [2.75, 3.05) is 0 Å². The Morgan fingerprint density at radius 3 is 3.21 bits per heavy atom. The van der Waals surface area contributed by atoms with E-state index in [1.807, 2.05) is 6.08 Å². The number of hydrogen-bond acceptors (Lipinski definition) is 2. The minimum atomic E-state index is -0.684. The van der Waals surface area contributed by atoms with Crippen molar-refractivity contribution in [1.82, 2.24) is 0 Å². The largest absolute Gasteiger partial charge is 0.481 e. The summed E-state index contributed by atoms with van der Waals surface area (Å²) < 4.78 is 0. The molecule has 14 heavy (non-hydrogen) atoms. The average Bonchev–Trinajstić information content (AvgIpc) is 2.62. The van der Waals surface area contributed by atoms with E-state index in [1.165, 1.54) is 10.4 Å². The molecule has 0 amide bonds. The summed E-state index contributed by atoms with van der Waals surface area (Å²) in [7, 11) is 0. The average molecular weight is 208 g/mol. The van der Waals surface area contributed by atoms with E-state index in [2.05, 4.69) is 12.6 Å². The Bertz CT molecular complexity index is 379. The number of aliphatic carboxylic acids is 1. The Hall–Kier alpha value is -1.09. The van der Waals surface area contributed by atoms with E-state index in [9.17, 15) is 4.79 Å². The third kappa shape index (κ3) is 1.48. The van der Waals surface area contributed by atoms with Crippen molar-refractivity contribution in [3.05, 3.63) is 34.0 Å². The van der Waals surface area contributed by atoms with Crippen LogP contribution in [0.25, 0.3) is 0 Å². The zero-order valence-corrected chi connectivity index (χ0v) is 8.64. The van der Waals surface area contributed by atoms with Crippen molar-refractivity contribution in [3.63, 3.8) is 0 Å². The Labute approximate surface area is 86.9 Å². The van der Waals surface area contributed by atoms with Gasteiger partial charge in [0, 0.05) is 9.75 Å². The third-order valence-electron chi connectivity index (χ3n) is 2.56. The van der Waals surface area contributed by atoms with E-state index in [-0.39, 0.29) is 5.92 Å². The van der Waals surface area contributed by atoms with Crippen LogP contribution in [0.1, 0.15) is 27.7 Å². The van der Waals surface area contributed by atoms with E-state index >= 15 is 0 Å². The van der Waals surface area contributed by atoms with Crippen molar-refractivity contribution in [2.45, 2.75) is 25.2 Å². The lowest BCUT2D eigenvalue weighted by atomic mass is 10.1. The number of thiophene rings is 1. The number of aryl methyl sites for hydroxylation is 1. The number of fused-ring (bicyclic) bond motifs is 1. The van der Waals surface area contributed by atoms with Gasteiger partial charge in [0.05, 0.1) is 5.92 Å². The van der Waals surface area contributed by atoms with Crippen LogP contribution in [-0.2, 0) is 17.6 Å². The normalized spacial score (nSPS) is 19.3. The Kier molecular flexibility index (Phi) is 2.42. The SMILES string of the molecule is C=CCc1cc2c(s1)C(C(=O)O)CC2. The molecule has 1 N–H and O–H groups in total. The number of carbonyl (C=O) groups is 1. The van der Waals surface area contributed by atoms with Crippen molar-refractivity contribution in [3.8, 4) is 0 Å². The molecule has 0 spiro atoms. The highest BCUT2D eigenvalue weighted by atomic mass is 32.1. The fourth-order valence-corrected chi connectivity index (χ4v) is 3.24. The molecular weight excluding hydrogens is 196 g/mol. The second-order valence-electron chi connectivity index (χ2n) is 3.52. The van der Waals surface area contributed by atoms with Crippen LogP contribution < -0.4 is 0 Å². The van der Waals surface area contributed by atoms with E-state index in [4.69, 9.17) is 5.11 Å². The van der Waals surface area contributed by atoms with Crippen molar-refractivity contribution in [2.24, 2.45) is 0 Å². The molecule has 0 fully saturated rings. The van der Waals surface area contributed by atoms with Crippen molar-refractivity contribution in [1.29, 1.82) is 0 Å². The zero-order chi connectivity index (χ0) is 10.1. The maximum Gasteiger partial charge on any atom is 0.311 e. The van der Waals surface area contributed by atoms with Gasteiger partial charge in [-0.25, -0.2) is 0 Å². The molecule has 2 rings (SSSR count). The first-order valence-electron chi connectivity index (χ1n) is 4.67. The topological polar surface area (TPSA) is 37.3 Å². The molecule has 0 bridgehead atoms. The van der Waals surface area contributed by atoms with Gasteiger partial charge in [-0.15, -0.1) is 17.9 Å². The number of rotatable bonds is 3. The lowest BCUT2D eigenvalue weighted by molar-refractivity contribution is -0.138. The van der Waals surface area contributed by atoms with Gasteiger partial charge in [0.1, 0.15) is 0 Å². The van der Waals surface area contributed by atoms with Crippen LogP contribution in [0.4, 0.5) is 0 Å². The van der Waals surface area contributed by atoms with Crippen LogP contribution >= 0.6 is 11.3 Å². The maximum atomic E-state index is 10.9. The number of carboxylic acid groups (broad SMARTS) is 1. The maximum absolute atomic E-state index is 10.9. The van der Waals surface area contributed by atoms with Gasteiger partial charge in [-0.3, -0.25) is 4.79 Å². The van der Waals surface area contributed by atoms with Crippen LogP contribution in [0.3, 0.4) is 0 Å². The highest BCUT2D eigenvalue weighted by Crippen LogP contribution is 2.39. The molecule has 1 aliphatic carbocycles. The summed E-state index contributed by atoms with van der Waals surface area (Å²) in [4.78, 5) is 13.2. The zero-order valence-electron chi connectivity index (χ0n) is 7.82. The fraction of sp³-hybridized carbons (Fsp3) is 0.364. The molecule has 0 aromatic carbocycles. The van der Waals surface area contributed by atoms with Crippen molar-refractivity contribution < 1.29 is 9.90 Å². The standard InChI is InChI=1S/C11H12O2S/c1-2-3-8-6-7-4-5-9(11(12)13)10(7)14-8/h2,6,9H,1,3-5H2,(H,12,13). The summed E-state index contributed by atoms with van der Waals surface area (Å²) in [5, 5.41) is 8.99. The van der Waals surface area contributed by atoms with Gasteiger partial charge in [-0.1, -0.05) is 6.08 Å². The van der Waals surface area contributed by atoms with Crippen LogP contribution in [0.5, 0.6) is 0 Å². The molecular formula is C11H12O2S. The summed E-state index contributed by atoms with van der Waals surface area (Å²) in [6.45, 7) is 3.68. The van der Waals surface area contributed by atoms with E-state index < -0.39 is 5.97 Å². The van der Waals surface area contributed by atoms with Gasteiger partial charge in [-0.05, 0) is 30.9 Å². The Balaban J connectivity index is 2.30. The molecule has 2 nitrogen and oxygen atoms in total. The Morgan fingerprint density at radius 1 is 1.79 bits per heavy atom. The van der Waals surface area contributed by atoms with Crippen LogP contribution in [-0.4, -0.2) is 11.1 Å². The minimum Gasteiger partial charge on any atom is -0.481 e. The molecule has 1 aromatic heterocycles. The monoisotopic (exact) mass is 208 g/mol. The Morgan fingerprint density at radius 2 is 2.57 bits per heavy atom. The predicted octanol–water partition coefficient (Wildman–Crippen LogP) is 2.59. The van der Waals surface area contributed by atoms with Crippen LogP contribution in [0, 0.1) is 0 Å². The van der Waals surface area contributed by atoms with Crippen LogP contribution in [0.15, 0.2) is 18.7 Å². The number of hydrogen-bond donors (Lipinski definition) is 1. The second kappa shape index (κ2) is 3.58. The summed E-state index contributed by atoms with van der Waals surface area (Å²) in [6, 6.07) is 2.13. The quantitative estimate of drug-likeness (QED) is 0.775. The number of carboxylic acids is 1. The molecule has 0 saturated heterocycles. The smallest absolute Gasteiger partial charge is 0.311 e. The van der Waals surface area contributed by atoms with Gasteiger partial charge in [0.2, 0.25) is 0 Å². The fourth-order valence-electron chi connectivity index (χ4n) is 1.90. The summed E-state index contributed by atoms with van der Waals surface area (Å²) in [5.74, 6) is -0.940. The molecule has 1 atom stereocenters. The van der Waals surface area contributed by atoms with Crippen LogP contribution in [0.2, 0.25) is 0 Å². The molecule has 0 saturated carbocycles. The lowest BCUT2D eigenvalue weighted by Crippen LogP contribution is -2.06. The molecule has 1 aromatic rings. The van der Waals surface area contributed by atoms with E-state index in [0.717, 1.165) is 24.1 Å². The first-order chi connectivity index (χ1) is 6.72. The summed E-state index contributed by atoms with van der Waals surface area (Å²) in [5.41, 5.74) is 1.24. The highest BCUT2D eigenvalue weighted by Gasteiger charge is 2.30. The molecule has 74 valence electrons. The molecule has 1 heterocycles. The summed E-state index contributed by atoms with van der Waals surface area (Å²) >= 11 is 1.63. The molecule has 1 aliphatic rings. The molecule has 1 unspecified atom stereocenters.